The largest absolute Gasteiger partial charge is 0.480 e. The first kappa shape index (κ1) is 14.7. The zero-order chi connectivity index (χ0) is 13.5. The highest BCUT2D eigenvalue weighted by molar-refractivity contribution is 14.1. The Bertz CT molecular complexity index is 439. The van der Waals surface area contributed by atoms with Crippen LogP contribution in [0.3, 0.4) is 0 Å². The van der Waals surface area contributed by atoms with Crippen molar-refractivity contribution in [2.75, 3.05) is 11.9 Å². The summed E-state index contributed by atoms with van der Waals surface area (Å²) in [6, 6.07) is 5.41. The molecule has 0 saturated heterocycles. The van der Waals surface area contributed by atoms with Crippen LogP contribution in [0.15, 0.2) is 24.3 Å². The van der Waals surface area contributed by atoms with Gasteiger partial charge in [0.2, 0.25) is 0 Å². The maximum atomic E-state index is 11.6. The Kier molecular flexibility index (Phi) is 5.86. The van der Waals surface area contributed by atoms with Crippen LogP contribution < -0.4 is 10.6 Å². The molecule has 7 heteroatoms. The number of urea groups is 1. The molecule has 6 nitrogen and oxygen atoms in total. The summed E-state index contributed by atoms with van der Waals surface area (Å²) in [5.74, 6) is -1.18. The molecule has 0 unspecified atom stereocenters. The summed E-state index contributed by atoms with van der Waals surface area (Å²) in [6.45, 7) is -0.305. The molecule has 0 aliphatic heterocycles. The normalized spacial score (nSPS) is 11.7. The number of carbonyl (C=O) groups excluding carboxylic acids is 1. The number of amides is 2. The molecule has 0 aliphatic rings. The molecule has 2 amide bonds. The van der Waals surface area contributed by atoms with Gasteiger partial charge in [0.15, 0.2) is 0 Å². The molecule has 0 saturated carbocycles. The van der Waals surface area contributed by atoms with Gasteiger partial charge in [0, 0.05) is 16.6 Å². The lowest BCUT2D eigenvalue weighted by Crippen LogP contribution is -2.43. The zero-order valence-corrected chi connectivity index (χ0v) is 11.5. The molecule has 0 heterocycles. The molecular weight excluding hydrogens is 351 g/mol. The smallest absolute Gasteiger partial charge is 0.326 e. The van der Waals surface area contributed by atoms with Crippen molar-refractivity contribution in [2.45, 2.75) is 12.5 Å². The number of carboxylic acid groups (broad SMARTS) is 1. The van der Waals surface area contributed by atoms with Gasteiger partial charge in [-0.3, -0.25) is 0 Å². The lowest BCUT2D eigenvalue weighted by atomic mass is 10.2. The van der Waals surface area contributed by atoms with Crippen molar-refractivity contribution in [1.29, 1.82) is 0 Å². The van der Waals surface area contributed by atoms with Gasteiger partial charge in [-0.15, -0.1) is 0 Å². The minimum Gasteiger partial charge on any atom is -0.480 e. The third-order valence-corrected chi connectivity index (χ3v) is 3.08. The van der Waals surface area contributed by atoms with Gasteiger partial charge in [0.05, 0.1) is 5.69 Å². The van der Waals surface area contributed by atoms with Crippen LogP contribution >= 0.6 is 22.6 Å². The highest BCUT2D eigenvalue weighted by Gasteiger charge is 2.19. The van der Waals surface area contributed by atoms with Crippen LogP contribution in [0.4, 0.5) is 10.5 Å². The van der Waals surface area contributed by atoms with Gasteiger partial charge in [-0.1, -0.05) is 12.1 Å². The molecule has 0 bridgehead atoms. The monoisotopic (exact) mass is 364 g/mol. The second-order valence-corrected chi connectivity index (χ2v) is 4.64. The van der Waals surface area contributed by atoms with Crippen molar-refractivity contribution in [3.8, 4) is 0 Å². The molecule has 1 aromatic rings. The Morgan fingerprint density at radius 1 is 1.33 bits per heavy atom. The van der Waals surface area contributed by atoms with E-state index in [1.54, 1.807) is 12.1 Å². The average Bonchev–Trinajstić information content (AvgIpc) is 2.31. The van der Waals surface area contributed by atoms with E-state index in [0.29, 0.717) is 5.69 Å². The number of carboxylic acids is 1. The third-order valence-electron chi connectivity index (χ3n) is 2.14. The van der Waals surface area contributed by atoms with Gasteiger partial charge in [0.25, 0.3) is 0 Å². The minimum absolute atomic E-state index is 0.0331. The van der Waals surface area contributed by atoms with Crippen molar-refractivity contribution in [3.63, 3.8) is 0 Å². The molecular formula is C11H13IN2O4. The predicted molar refractivity (Wildman–Crippen MR) is 74.4 cm³/mol. The Hall–Kier alpha value is -1.35. The fourth-order valence-electron chi connectivity index (χ4n) is 1.27. The van der Waals surface area contributed by atoms with E-state index in [-0.39, 0.29) is 13.0 Å². The van der Waals surface area contributed by atoms with Crippen molar-refractivity contribution in [3.05, 3.63) is 27.8 Å². The molecule has 0 aliphatic carbocycles. The van der Waals surface area contributed by atoms with Crippen LogP contribution in [0.5, 0.6) is 0 Å². The number of hydrogen-bond acceptors (Lipinski definition) is 3. The molecule has 4 N–H and O–H groups in total. The van der Waals surface area contributed by atoms with Crippen molar-refractivity contribution in [1.82, 2.24) is 5.32 Å². The molecule has 0 radical (unpaired) electrons. The van der Waals surface area contributed by atoms with E-state index in [2.05, 4.69) is 33.2 Å². The van der Waals surface area contributed by atoms with Crippen molar-refractivity contribution >= 4 is 40.3 Å². The van der Waals surface area contributed by atoms with Crippen LogP contribution in [-0.4, -0.2) is 34.9 Å². The molecule has 0 spiro atoms. The predicted octanol–water partition coefficient (Wildman–Crippen LogP) is 1.25. The average molecular weight is 364 g/mol. The van der Waals surface area contributed by atoms with E-state index < -0.39 is 18.0 Å². The highest BCUT2D eigenvalue weighted by Crippen LogP contribution is 2.16. The quantitative estimate of drug-likeness (QED) is 0.591. The lowest BCUT2D eigenvalue weighted by Gasteiger charge is -2.14. The van der Waals surface area contributed by atoms with Gasteiger partial charge in [0.1, 0.15) is 6.04 Å². The molecule has 1 atom stereocenters. The SMILES string of the molecule is O=C(Nc1ccccc1I)N[C@@H](CCO)C(=O)O. The van der Waals surface area contributed by atoms with Gasteiger partial charge in [-0.2, -0.15) is 0 Å². The van der Waals surface area contributed by atoms with E-state index in [0.717, 1.165) is 3.57 Å². The number of anilines is 1. The van der Waals surface area contributed by atoms with Crippen LogP contribution in [0.2, 0.25) is 0 Å². The van der Waals surface area contributed by atoms with Crippen LogP contribution in [-0.2, 0) is 4.79 Å². The Labute approximate surface area is 118 Å². The standard InChI is InChI=1S/C11H13IN2O4/c12-7-3-1-2-4-8(7)13-11(18)14-9(5-6-15)10(16)17/h1-4,9,15H,5-6H2,(H,16,17)(H2,13,14,18)/t9-/m0/s1. The van der Waals surface area contributed by atoms with E-state index in [4.69, 9.17) is 10.2 Å². The number of benzene rings is 1. The van der Waals surface area contributed by atoms with E-state index in [9.17, 15) is 9.59 Å². The first-order valence-electron chi connectivity index (χ1n) is 5.20. The van der Waals surface area contributed by atoms with Crippen LogP contribution in [0, 0.1) is 3.57 Å². The first-order chi connectivity index (χ1) is 8.54. The molecule has 98 valence electrons. The molecule has 1 aromatic carbocycles. The molecule has 0 aromatic heterocycles. The van der Waals surface area contributed by atoms with Crippen molar-refractivity contribution in [2.24, 2.45) is 0 Å². The topological polar surface area (TPSA) is 98.7 Å². The summed E-state index contributed by atoms with van der Waals surface area (Å²) in [7, 11) is 0. The number of hydrogen-bond donors (Lipinski definition) is 4. The second-order valence-electron chi connectivity index (χ2n) is 3.48. The number of halogens is 1. The van der Waals surface area contributed by atoms with Gasteiger partial charge in [-0.05, 0) is 34.7 Å². The fourth-order valence-corrected chi connectivity index (χ4v) is 1.79. The number of aliphatic carboxylic acids is 1. The van der Waals surface area contributed by atoms with Gasteiger partial charge < -0.3 is 20.8 Å². The van der Waals surface area contributed by atoms with E-state index in [1.165, 1.54) is 0 Å². The Morgan fingerprint density at radius 2 is 2.00 bits per heavy atom. The maximum absolute atomic E-state index is 11.6. The maximum Gasteiger partial charge on any atom is 0.326 e. The summed E-state index contributed by atoms with van der Waals surface area (Å²) in [6.07, 6.45) is -0.0331. The first-order valence-corrected chi connectivity index (χ1v) is 6.28. The number of rotatable bonds is 5. The lowest BCUT2D eigenvalue weighted by molar-refractivity contribution is -0.139. The highest BCUT2D eigenvalue weighted by atomic mass is 127. The van der Waals surface area contributed by atoms with Gasteiger partial charge in [-0.25, -0.2) is 9.59 Å². The fraction of sp³-hybridized carbons (Fsp3) is 0.273. The zero-order valence-electron chi connectivity index (χ0n) is 9.39. The summed E-state index contributed by atoms with van der Waals surface area (Å²) < 4.78 is 0.847. The molecule has 1 rings (SSSR count). The number of para-hydroxylation sites is 1. The Balaban J connectivity index is 2.61. The van der Waals surface area contributed by atoms with E-state index >= 15 is 0 Å². The number of aliphatic hydroxyl groups is 1. The number of carbonyl (C=O) groups is 2. The second kappa shape index (κ2) is 7.17. The summed E-state index contributed by atoms with van der Waals surface area (Å²) in [5.41, 5.74) is 0.601. The Morgan fingerprint density at radius 3 is 2.56 bits per heavy atom. The van der Waals surface area contributed by atoms with Crippen LogP contribution in [0.1, 0.15) is 6.42 Å². The summed E-state index contributed by atoms with van der Waals surface area (Å²) >= 11 is 2.06. The number of aliphatic hydroxyl groups excluding tert-OH is 1. The minimum atomic E-state index is -1.18. The molecule has 18 heavy (non-hydrogen) atoms. The summed E-state index contributed by atoms with van der Waals surface area (Å²) in [5, 5.41) is 22.3. The third kappa shape index (κ3) is 4.49. The van der Waals surface area contributed by atoms with Crippen molar-refractivity contribution < 1.29 is 19.8 Å². The van der Waals surface area contributed by atoms with Crippen LogP contribution in [0.25, 0.3) is 0 Å². The number of nitrogens with one attached hydrogen (secondary N) is 2. The van der Waals surface area contributed by atoms with E-state index in [1.807, 2.05) is 12.1 Å². The molecule has 0 fully saturated rings. The van der Waals surface area contributed by atoms with Gasteiger partial charge >= 0.3 is 12.0 Å². The summed E-state index contributed by atoms with van der Waals surface area (Å²) in [4.78, 5) is 22.4.